The van der Waals surface area contributed by atoms with Gasteiger partial charge in [-0.3, -0.25) is 0 Å². The zero-order chi connectivity index (χ0) is 18.2. The van der Waals surface area contributed by atoms with Gasteiger partial charge in [-0.05, 0) is 12.1 Å². The largest absolute Gasteiger partial charge is 1.00 e. The average Bonchev–Trinajstić information content (AvgIpc) is 3.02. The Morgan fingerprint density at radius 2 is 1.30 bits per heavy atom. The molecule has 1 heterocycles. The second kappa shape index (κ2) is 7.29. The second-order valence-electron chi connectivity index (χ2n) is 5.65. The zero-order valence-electron chi connectivity index (χ0n) is 14.4. The zero-order valence-corrected chi connectivity index (χ0v) is 15.2. The Kier molecular flexibility index (Phi) is 5.22. The van der Waals surface area contributed by atoms with Gasteiger partial charge < -0.3 is 18.2 Å². The summed E-state index contributed by atoms with van der Waals surface area (Å²) in [5, 5.41) is 0. The minimum absolute atomic E-state index is 0. The van der Waals surface area contributed by atoms with Gasteiger partial charge >= 0.3 is 24.6 Å². The van der Waals surface area contributed by atoms with Crippen LogP contribution >= 0.6 is 0 Å². The van der Waals surface area contributed by atoms with Crippen molar-refractivity contribution in [3.05, 3.63) is 90.0 Å². The van der Waals surface area contributed by atoms with E-state index in [1.54, 1.807) is 0 Å². The molecule has 0 aliphatic carbocycles. The molecule has 0 saturated carbocycles. The van der Waals surface area contributed by atoms with Crippen molar-refractivity contribution in [1.29, 1.82) is 0 Å². The Labute approximate surface area is 168 Å². The van der Waals surface area contributed by atoms with E-state index in [9.17, 15) is 13.0 Å². The predicted molar refractivity (Wildman–Crippen MR) is 91.7 cm³/mol. The van der Waals surface area contributed by atoms with E-state index in [4.69, 9.17) is 9.47 Å². The maximum absolute atomic E-state index is 10.8. The van der Waals surface area contributed by atoms with Crippen LogP contribution < -0.4 is 32.5 Å². The molecule has 0 aromatic heterocycles. The Morgan fingerprint density at radius 3 is 1.81 bits per heavy atom. The van der Waals surface area contributed by atoms with Crippen molar-refractivity contribution >= 4 is 10.4 Å². The molecular weight excluding hydrogens is 363 g/mol. The molecule has 0 saturated heterocycles. The summed E-state index contributed by atoms with van der Waals surface area (Å²) in [5.74, 6) is -0.675. The van der Waals surface area contributed by atoms with Crippen LogP contribution in [-0.2, 0) is 16.2 Å². The molecule has 132 valence electrons. The maximum atomic E-state index is 10.8. The van der Waals surface area contributed by atoms with Crippen LogP contribution in [0.4, 0.5) is 0 Å². The predicted octanol–water partition coefficient (Wildman–Crippen LogP) is 0.202. The van der Waals surface area contributed by atoms with E-state index in [2.05, 4.69) is 4.18 Å². The Bertz CT molecular complexity index is 999. The summed E-state index contributed by atoms with van der Waals surface area (Å²) >= 11 is 0. The third-order valence-corrected chi connectivity index (χ3v) is 4.33. The van der Waals surface area contributed by atoms with Crippen molar-refractivity contribution in [2.45, 2.75) is 5.79 Å². The Hall–Kier alpha value is -2.43. The first-order valence-corrected chi connectivity index (χ1v) is 9.08. The molecule has 4 rings (SSSR count). The van der Waals surface area contributed by atoms with Crippen LogP contribution in [0.1, 0.15) is 11.1 Å². The molecule has 0 atom stereocenters. The summed E-state index contributed by atoms with van der Waals surface area (Å²) in [6.07, 6.45) is 0. The standard InChI is InChI=1S/C19H14O6S.Li/c20-26(21,22)25-16-11-12-17-18(13-16)24-19(23-17,14-7-3-1-4-8-14)15-9-5-2-6-10-15;/h1-13H,(H,20,21,22);/q;+1/p-1. The fourth-order valence-electron chi connectivity index (χ4n) is 2.87. The summed E-state index contributed by atoms with van der Waals surface area (Å²) in [5.41, 5.74) is 1.53. The van der Waals surface area contributed by atoms with Gasteiger partial charge in [-0.15, -0.1) is 0 Å². The van der Waals surface area contributed by atoms with E-state index in [1.807, 2.05) is 60.7 Å². The summed E-state index contributed by atoms with van der Waals surface area (Å²) in [6, 6.07) is 22.9. The van der Waals surface area contributed by atoms with Crippen molar-refractivity contribution in [2.75, 3.05) is 0 Å². The quantitative estimate of drug-likeness (QED) is 0.368. The van der Waals surface area contributed by atoms with Crippen molar-refractivity contribution < 1.29 is 45.5 Å². The molecule has 0 N–H and O–H groups in total. The average molecular weight is 376 g/mol. The van der Waals surface area contributed by atoms with Crippen molar-refractivity contribution in [3.63, 3.8) is 0 Å². The van der Waals surface area contributed by atoms with Crippen LogP contribution in [0, 0.1) is 0 Å². The van der Waals surface area contributed by atoms with Crippen LogP contribution in [-0.4, -0.2) is 13.0 Å². The number of hydrogen-bond donors (Lipinski definition) is 0. The van der Waals surface area contributed by atoms with Crippen molar-refractivity contribution in [2.24, 2.45) is 0 Å². The van der Waals surface area contributed by atoms with Crippen molar-refractivity contribution in [1.82, 2.24) is 0 Å². The number of benzene rings is 3. The smallest absolute Gasteiger partial charge is 0.716 e. The Morgan fingerprint density at radius 1 is 0.778 bits per heavy atom. The number of rotatable bonds is 4. The molecule has 8 heteroatoms. The van der Waals surface area contributed by atoms with Gasteiger partial charge in [-0.1, -0.05) is 60.7 Å². The van der Waals surface area contributed by atoms with Crippen LogP contribution in [0.15, 0.2) is 78.9 Å². The van der Waals surface area contributed by atoms with E-state index >= 15 is 0 Å². The minimum atomic E-state index is -4.87. The van der Waals surface area contributed by atoms with E-state index in [0.29, 0.717) is 5.75 Å². The topological polar surface area (TPSA) is 84.9 Å². The van der Waals surface area contributed by atoms with Gasteiger partial charge in [0.25, 0.3) is 10.4 Å². The van der Waals surface area contributed by atoms with E-state index in [-0.39, 0.29) is 30.4 Å². The molecule has 0 fully saturated rings. The normalized spacial score (nSPS) is 14.3. The second-order valence-corrected chi connectivity index (χ2v) is 6.64. The number of fused-ring (bicyclic) bond motifs is 1. The molecule has 0 spiro atoms. The molecule has 1 aliphatic rings. The molecule has 27 heavy (non-hydrogen) atoms. The molecular formula is C19H13LiO6S. The van der Waals surface area contributed by atoms with Crippen LogP contribution in [0.3, 0.4) is 0 Å². The maximum Gasteiger partial charge on any atom is 1.00 e. The third-order valence-electron chi connectivity index (χ3n) is 3.93. The summed E-state index contributed by atoms with van der Waals surface area (Å²) in [6.45, 7) is 0. The van der Waals surface area contributed by atoms with Crippen LogP contribution in [0.5, 0.6) is 17.2 Å². The molecule has 3 aromatic carbocycles. The molecule has 0 radical (unpaired) electrons. The molecule has 0 unspecified atom stereocenters. The van der Waals surface area contributed by atoms with Gasteiger partial charge in [0, 0.05) is 17.2 Å². The van der Waals surface area contributed by atoms with Crippen LogP contribution in [0.25, 0.3) is 0 Å². The molecule has 1 aliphatic heterocycles. The summed E-state index contributed by atoms with van der Waals surface area (Å²) in [4.78, 5) is 0. The summed E-state index contributed by atoms with van der Waals surface area (Å²) < 4.78 is 49.1. The molecule has 6 nitrogen and oxygen atoms in total. The monoisotopic (exact) mass is 376 g/mol. The summed E-state index contributed by atoms with van der Waals surface area (Å²) in [7, 11) is -4.87. The van der Waals surface area contributed by atoms with Crippen molar-refractivity contribution in [3.8, 4) is 17.2 Å². The first kappa shape index (κ1) is 19.3. The van der Waals surface area contributed by atoms with Crippen LogP contribution in [0.2, 0.25) is 0 Å². The van der Waals surface area contributed by atoms with Gasteiger partial charge in [-0.25, -0.2) is 8.42 Å². The molecule has 3 aromatic rings. The van der Waals surface area contributed by atoms with Gasteiger partial charge in [-0.2, -0.15) is 0 Å². The minimum Gasteiger partial charge on any atom is -0.716 e. The van der Waals surface area contributed by atoms with E-state index in [1.165, 1.54) is 18.2 Å². The fraction of sp³-hybridized carbons (Fsp3) is 0.0526. The third kappa shape index (κ3) is 3.82. The van der Waals surface area contributed by atoms with Gasteiger partial charge in [0.05, 0.1) is 0 Å². The number of hydrogen-bond acceptors (Lipinski definition) is 6. The fourth-order valence-corrected chi connectivity index (χ4v) is 3.21. The van der Waals surface area contributed by atoms with Gasteiger partial charge in [0.15, 0.2) is 11.5 Å². The molecule has 0 amide bonds. The van der Waals surface area contributed by atoms with Gasteiger partial charge in [0.2, 0.25) is 0 Å². The Balaban J connectivity index is 0.00000210. The first-order chi connectivity index (χ1) is 12.5. The SMILES string of the molecule is O=S(=O)([O-])Oc1ccc2c(c1)OC(c1ccccc1)(c1ccccc1)O2.[Li+]. The number of ether oxygens (including phenoxy) is 2. The van der Waals surface area contributed by atoms with Gasteiger partial charge in [0.1, 0.15) is 5.75 Å². The van der Waals surface area contributed by atoms with E-state index in [0.717, 1.165) is 11.1 Å². The first-order valence-electron chi connectivity index (χ1n) is 7.75. The molecule has 0 bridgehead atoms. The van der Waals surface area contributed by atoms with E-state index < -0.39 is 16.2 Å².